The van der Waals surface area contributed by atoms with Gasteiger partial charge in [0.15, 0.2) is 0 Å². The SMILES string of the molecule is CC(N)C1C(C)CCCC1C. The van der Waals surface area contributed by atoms with E-state index >= 15 is 0 Å². The van der Waals surface area contributed by atoms with E-state index in [1.165, 1.54) is 19.3 Å². The van der Waals surface area contributed by atoms with Crippen molar-refractivity contribution in [3.8, 4) is 0 Å². The maximum Gasteiger partial charge on any atom is 0.00438 e. The van der Waals surface area contributed by atoms with Crippen molar-refractivity contribution in [2.24, 2.45) is 23.5 Å². The fourth-order valence-corrected chi connectivity index (χ4v) is 2.74. The van der Waals surface area contributed by atoms with Gasteiger partial charge in [-0.3, -0.25) is 0 Å². The summed E-state index contributed by atoms with van der Waals surface area (Å²) in [5.74, 6) is 2.46. The summed E-state index contributed by atoms with van der Waals surface area (Å²) in [5, 5.41) is 0. The molecule has 0 radical (unpaired) electrons. The third kappa shape index (κ3) is 1.96. The average Bonchev–Trinajstić information content (AvgIpc) is 1.85. The summed E-state index contributed by atoms with van der Waals surface area (Å²) in [6, 6.07) is 0.389. The summed E-state index contributed by atoms with van der Waals surface area (Å²) in [6.07, 6.45) is 4.18. The van der Waals surface area contributed by atoms with E-state index in [4.69, 9.17) is 5.73 Å². The van der Waals surface area contributed by atoms with E-state index in [2.05, 4.69) is 20.8 Å². The molecule has 0 aromatic heterocycles. The van der Waals surface area contributed by atoms with Crippen LogP contribution >= 0.6 is 0 Å². The first-order valence-electron chi connectivity index (χ1n) is 4.88. The molecule has 0 aliphatic heterocycles. The lowest BCUT2D eigenvalue weighted by Gasteiger charge is -2.37. The largest absolute Gasteiger partial charge is 0.328 e. The van der Waals surface area contributed by atoms with Crippen LogP contribution in [0.4, 0.5) is 0 Å². The zero-order chi connectivity index (χ0) is 8.43. The van der Waals surface area contributed by atoms with Gasteiger partial charge in [-0.15, -0.1) is 0 Å². The maximum absolute atomic E-state index is 5.95. The maximum atomic E-state index is 5.95. The lowest BCUT2D eigenvalue weighted by Crippen LogP contribution is -2.38. The minimum absolute atomic E-state index is 0.389. The fourth-order valence-electron chi connectivity index (χ4n) is 2.74. The molecule has 0 heterocycles. The van der Waals surface area contributed by atoms with Crippen LogP contribution in [0.1, 0.15) is 40.0 Å². The molecule has 2 N–H and O–H groups in total. The fraction of sp³-hybridized carbons (Fsp3) is 1.00. The Kier molecular flexibility index (Phi) is 2.94. The van der Waals surface area contributed by atoms with E-state index in [9.17, 15) is 0 Å². The number of hydrogen-bond donors (Lipinski definition) is 1. The van der Waals surface area contributed by atoms with Gasteiger partial charge in [-0.05, 0) is 24.7 Å². The quantitative estimate of drug-likeness (QED) is 0.618. The molecule has 3 atom stereocenters. The van der Waals surface area contributed by atoms with Crippen molar-refractivity contribution in [3.63, 3.8) is 0 Å². The van der Waals surface area contributed by atoms with Crippen LogP contribution in [0, 0.1) is 17.8 Å². The Morgan fingerprint density at radius 3 is 1.91 bits per heavy atom. The zero-order valence-electron chi connectivity index (χ0n) is 8.01. The van der Waals surface area contributed by atoms with E-state index in [1.54, 1.807) is 0 Å². The summed E-state index contributed by atoms with van der Waals surface area (Å²) < 4.78 is 0. The van der Waals surface area contributed by atoms with Crippen LogP contribution < -0.4 is 5.73 Å². The minimum Gasteiger partial charge on any atom is -0.328 e. The minimum atomic E-state index is 0.389. The van der Waals surface area contributed by atoms with Gasteiger partial charge in [0.1, 0.15) is 0 Å². The first-order valence-corrected chi connectivity index (χ1v) is 4.88. The average molecular weight is 155 g/mol. The lowest BCUT2D eigenvalue weighted by molar-refractivity contribution is 0.154. The van der Waals surface area contributed by atoms with Crippen LogP contribution in [0.25, 0.3) is 0 Å². The predicted octanol–water partition coefficient (Wildman–Crippen LogP) is 2.41. The van der Waals surface area contributed by atoms with Gasteiger partial charge in [0.05, 0.1) is 0 Å². The molecule has 1 nitrogen and oxygen atoms in total. The van der Waals surface area contributed by atoms with Gasteiger partial charge in [0.25, 0.3) is 0 Å². The van der Waals surface area contributed by atoms with E-state index in [0.717, 1.165) is 17.8 Å². The number of hydrogen-bond acceptors (Lipinski definition) is 1. The molecule has 1 heteroatoms. The molecule has 1 fully saturated rings. The standard InChI is InChI=1S/C10H21N/c1-7-5-4-6-8(2)10(7)9(3)11/h7-10H,4-6,11H2,1-3H3. The molecule has 3 unspecified atom stereocenters. The van der Waals surface area contributed by atoms with E-state index in [0.29, 0.717) is 6.04 Å². The summed E-state index contributed by atoms with van der Waals surface area (Å²) in [7, 11) is 0. The van der Waals surface area contributed by atoms with E-state index < -0.39 is 0 Å². The molecule has 0 saturated heterocycles. The van der Waals surface area contributed by atoms with Crippen molar-refractivity contribution in [1.82, 2.24) is 0 Å². The van der Waals surface area contributed by atoms with Crippen molar-refractivity contribution < 1.29 is 0 Å². The molecule has 0 aromatic carbocycles. The molecule has 0 aromatic rings. The first kappa shape index (κ1) is 9.05. The van der Waals surface area contributed by atoms with Crippen molar-refractivity contribution in [3.05, 3.63) is 0 Å². The molecule has 11 heavy (non-hydrogen) atoms. The van der Waals surface area contributed by atoms with Gasteiger partial charge in [-0.2, -0.15) is 0 Å². The summed E-state index contributed by atoms with van der Waals surface area (Å²) in [4.78, 5) is 0. The van der Waals surface area contributed by atoms with Crippen LogP contribution in [0.3, 0.4) is 0 Å². The van der Waals surface area contributed by atoms with Gasteiger partial charge >= 0.3 is 0 Å². The Labute approximate surface area is 70.4 Å². The van der Waals surface area contributed by atoms with Crippen LogP contribution in [0.15, 0.2) is 0 Å². The molecule has 1 aliphatic rings. The second kappa shape index (κ2) is 3.57. The highest BCUT2D eigenvalue weighted by Crippen LogP contribution is 2.35. The number of nitrogens with two attached hydrogens (primary N) is 1. The monoisotopic (exact) mass is 155 g/mol. The summed E-state index contributed by atoms with van der Waals surface area (Å²) in [5.41, 5.74) is 5.95. The van der Waals surface area contributed by atoms with Gasteiger partial charge in [-0.1, -0.05) is 33.1 Å². The van der Waals surface area contributed by atoms with Gasteiger partial charge in [-0.25, -0.2) is 0 Å². The molecular formula is C10H21N. The number of rotatable bonds is 1. The lowest BCUT2D eigenvalue weighted by atomic mass is 9.71. The third-order valence-electron chi connectivity index (χ3n) is 3.24. The van der Waals surface area contributed by atoms with Crippen LogP contribution in [0.2, 0.25) is 0 Å². The highest BCUT2D eigenvalue weighted by molar-refractivity contribution is 4.82. The molecule has 66 valence electrons. The van der Waals surface area contributed by atoms with Crippen molar-refractivity contribution in [1.29, 1.82) is 0 Å². The van der Waals surface area contributed by atoms with Gasteiger partial charge in [0.2, 0.25) is 0 Å². The highest BCUT2D eigenvalue weighted by atomic mass is 14.6. The Bertz CT molecular complexity index is 110. The normalized spacial score (nSPS) is 42.0. The van der Waals surface area contributed by atoms with Gasteiger partial charge in [0, 0.05) is 6.04 Å². The molecule has 0 bridgehead atoms. The topological polar surface area (TPSA) is 26.0 Å². The second-order valence-electron chi connectivity index (χ2n) is 4.32. The molecule has 0 amide bonds. The molecule has 1 saturated carbocycles. The third-order valence-corrected chi connectivity index (χ3v) is 3.24. The molecule has 0 spiro atoms. The highest BCUT2D eigenvalue weighted by Gasteiger charge is 2.29. The Morgan fingerprint density at radius 2 is 1.64 bits per heavy atom. The van der Waals surface area contributed by atoms with Gasteiger partial charge < -0.3 is 5.73 Å². The molecular weight excluding hydrogens is 134 g/mol. The van der Waals surface area contributed by atoms with Crippen LogP contribution in [0.5, 0.6) is 0 Å². The van der Waals surface area contributed by atoms with E-state index in [1.807, 2.05) is 0 Å². The second-order valence-corrected chi connectivity index (χ2v) is 4.32. The predicted molar refractivity (Wildman–Crippen MR) is 49.3 cm³/mol. The van der Waals surface area contributed by atoms with Crippen molar-refractivity contribution in [2.75, 3.05) is 0 Å². The smallest absolute Gasteiger partial charge is 0.00438 e. The molecule has 1 aliphatic carbocycles. The van der Waals surface area contributed by atoms with Crippen LogP contribution in [-0.4, -0.2) is 6.04 Å². The zero-order valence-corrected chi connectivity index (χ0v) is 8.01. The Balaban J connectivity index is 2.55. The Morgan fingerprint density at radius 1 is 1.18 bits per heavy atom. The van der Waals surface area contributed by atoms with E-state index in [-0.39, 0.29) is 0 Å². The van der Waals surface area contributed by atoms with Crippen LogP contribution in [-0.2, 0) is 0 Å². The van der Waals surface area contributed by atoms with Crippen molar-refractivity contribution >= 4 is 0 Å². The first-order chi connectivity index (χ1) is 5.13. The summed E-state index contributed by atoms with van der Waals surface area (Å²) >= 11 is 0. The van der Waals surface area contributed by atoms with Crippen molar-refractivity contribution in [2.45, 2.75) is 46.1 Å². The summed E-state index contributed by atoms with van der Waals surface area (Å²) in [6.45, 7) is 6.86. The molecule has 1 rings (SSSR count). The Hall–Kier alpha value is -0.0400.